The van der Waals surface area contributed by atoms with Gasteiger partial charge in [0, 0.05) is 50.1 Å². The number of aryl methyl sites for hydroxylation is 1. The summed E-state index contributed by atoms with van der Waals surface area (Å²) in [6.45, 7) is 2.10. The highest BCUT2D eigenvalue weighted by atomic mass is 16.1. The molecular formula is C23H24N2O. The number of anilines is 1. The van der Waals surface area contributed by atoms with Gasteiger partial charge in [-0.2, -0.15) is 0 Å². The Labute approximate surface area is 155 Å². The van der Waals surface area contributed by atoms with Gasteiger partial charge in [0.2, 0.25) is 0 Å². The molecule has 3 aromatic rings. The molecule has 26 heavy (non-hydrogen) atoms. The van der Waals surface area contributed by atoms with Crippen LogP contribution in [-0.2, 0) is 0 Å². The van der Waals surface area contributed by atoms with E-state index in [1.807, 2.05) is 26.2 Å². The SMILES string of the molecule is Cc1ccccc1C(CC(=O)c1ccncc1)c1ccc(N(C)C)cc1. The number of benzene rings is 2. The lowest BCUT2D eigenvalue weighted by Crippen LogP contribution is -2.12. The van der Waals surface area contributed by atoms with Crippen molar-refractivity contribution in [3.63, 3.8) is 0 Å². The molecule has 3 rings (SSSR count). The predicted molar refractivity (Wildman–Crippen MR) is 107 cm³/mol. The molecular weight excluding hydrogens is 320 g/mol. The number of hydrogen-bond donors (Lipinski definition) is 0. The highest BCUT2D eigenvalue weighted by Crippen LogP contribution is 2.32. The molecule has 0 saturated carbocycles. The van der Waals surface area contributed by atoms with Gasteiger partial charge in [-0.15, -0.1) is 0 Å². The lowest BCUT2D eigenvalue weighted by Gasteiger charge is -2.21. The van der Waals surface area contributed by atoms with E-state index in [-0.39, 0.29) is 11.7 Å². The van der Waals surface area contributed by atoms with Gasteiger partial charge < -0.3 is 4.90 Å². The van der Waals surface area contributed by atoms with Crippen LogP contribution in [-0.4, -0.2) is 24.9 Å². The second-order valence-corrected chi connectivity index (χ2v) is 6.76. The van der Waals surface area contributed by atoms with Crippen molar-refractivity contribution in [2.75, 3.05) is 19.0 Å². The van der Waals surface area contributed by atoms with Gasteiger partial charge >= 0.3 is 0 Å². The van der Waals surface area contributed by atoms with Crippen LogP contribution in [0.3, 0.4) is 0 Å². The molecule has 0 N–H and O–H groups in total. The van der Waals surface area contributed by atoms with Gasteiger partial charge in [0.1, 0.15) is 0 Å². The first-order valence-electron chi connectivity index (χ1n) is 8.82. The van der Waals surface area contributed by atoms with Gasteiger partial charge in [0.15, 0.2) is 5.78 Å². The number of aromatic nitrogens is 1. The van der Waals surface area contributed by atoms with Crippen molar-refractivity contribution in [1.29, 1.82) is 0 Å². The van der Waals surface area contributed by atoms with Crippen molar-refractivity contribution in [2.24, 2.45) is 0 Å². The molecule has 0 amide bonds. The Balaban J connectivity index is 1.97. The molecule has 1 atom stereocenters. The van der Waals surface area contributed by atoms with Crippen LogP contribution in [0.1, 0.15) is 39.4 Å². The molecule has 0 aliphatic heterocycles. The maximum Gasteiger partial charge on any atom is 0.163 e. The quantitative estimate of drug-likeness (QED) is 0.599. The zero-order valence-electron chi connectivity index (χ0n) is 15.5. The number of carbonyl (C=O) groups excluding carboxylic acids is 1. The fraction of sp³-hybridized carbons (Fsp3) is 0.217. The van der Waals surface area contributed by atoms with Crippen molar-refractivity contribution in [3.05, 3.63) is 95.3 Å². The van der Waals surface area contributed by atoms with Crippen LogP contribution in [0.4, 0.5) is 5.69 Å². The molecule has 1 heterocycles. The van der Waals surface area contributed by atoms with E-state index in [4.69, 9.17) is 0 Å². The van der Waals surface area contributed by atoms with Crippen LogP contribution in [0, 0.1) is 6.92 Å². The number of hydrogen-bond acceptors (Lipinski definition) is 3. The first-order valence-corrected chi connectivity index (χ1v) is 8.82. The van der Waals surface area contributed by atoms with E-state index in [1.165, 1.54) is 11.1 Å². The topological polar surface area (TPSA) is 33.2 Å². The minimum Gasteiger partial charge on any atom is -0.378 e. The zero-order chi connectivity index (χ0) is 18.5. The molecule has 132 valence electrons. The maximum atomic E-state index is 12.9. The molecule has 0 fully saturated rings. The second kappa shape index (κ2) is 7.96. The lowest BCUT2D eigenvalue weighted by molar-refractivity contribution is 0.0977. The Kier molecular flexibility index (Phi) is 5.47. The fourth-order valence-electron chi connectivity index (χ4n) is 3.23. The molecule has 0 saturated heterocycles. The summed E-state index contributed by atoms with van der Waals surface area (Å²) in [5.74, 6) is 0.172. The van der Waals surface area contributed by atoms with Crippen molar-refractivity contribution in [1.82, 2.24) is 4.98 Å². The van der Waals surface area contributed by atoms with Crippen LogP contribution in [0.25, 0.3) is 0 Å². The van der Waals surface area contributed by atoms with Crippen LogP contribution >= 0.6 is 0 Å². The molecule has 0 aliphatic carbocycles. The highest BCUT2D eigenvalue weighted by molar-refractivity contribution is 5.96. The number of carbonyl (C=O) groups is 1. The number of nitrogens with zero attached hydrogens (tertiary/aromatic N) is 2. The van der Waals surface area contributed by atoms with Crippen LogP contribution in [0.2, 0.25) is 0 Å². The number of Topliss-reactive ketones (excluding diaryl/α,β-unsaturated/α-hetero) is 1. The minimum atomic E-state index is 0.0353. The van der Waals surface area contributed by atoms with Gasteiger partial charge in [-0.1, -0.05) is 36.4 Å². The normalized spacial score (nSPS) is 11.8. The Morgan fingerprint density at radius 1 is 0.962 bits per heavy atom. The number of pyridine rings is 1. The summed E-state index contributed by atoms with van der Waals surface area (Å²) in [6, 6.07) is 20.4. The lowest BCUT2D eigenvalue weighted by atomic mass is 9.84. The maximum absolute atomic E-state index is 12.9. The summed E-state index contributed by atoms with van der Waals surface area (Å²) < 4.78 is 0. The predicted octanol–water partition coefficient (Wildman–Crippen LogP) is 4.86. The summed E-state index contributed by atoms with van der Waals surface area (Å²) in [6.07, 6.45) is 3.78. The van der Waals surface area contributed by atoms with Gasteiger partial charge in [-0.25, -0.2) is 0 Å². The second-order valence-electron chi connectivity index (χ2n) is 6.76. The minimum absolute atomic E-state index is 0.0353. The summed E-state index contributed by atoms with van der Waals surface area (Å²) in [5, 5.41) is 0. The van der Waals surface area contributed by atoms with Crippen molar-refractivity contribution >= 4 is 11.5 Å². The average molecular weight is 344 g/mol. The van der Waals surface area contributed by atoms with Gasteiger partial charge in [0.05, 0.1) is 0 Å². The van der Waals surface area contributed by atoms with E-state index in [2.05, 4.69) is 53.2 Å². The van der Waals surface area contributed by atoms with E-state index in [9.17, 15) is 4.79 Å². The Hall–Kier alpha value is -2.94. The van der Waals surface area contributed by atoms with Crippen molar-refractivity contribution in [2.45, 2.75) is 19.3 Å². The first-order chi connectivity index (χ1) is 12.6. The third-order valence-corrected chi connectivity index (χ3v) is 4.77. The molecule has 3 nitrogen and oxygen atoms in total. The Morgan fingerprint density at radius 3 is 2.23 bits per heavy atom. The van der Waals surface area contributed by atoms with E-state index in [0.717, 1.165) is 11.3 Å². The molecule has 0 radical (unpaired) electrons. The van der Waals surface area contributed by atoms with Crippen LogP contribution in [0.15, 0.2) is 73.1 Å². The number of ketones is 1. The Bertz CT molecular complexity index is 870. The monoisotopic (exact) mass is 344 g/mol. The van der Waals surface area contributed by atoms with Gasteiger partial charge in [0.25, 0.3) is 0 Å². The van der Waals surface area contributed by atoms with E-state index < -0.39 is 0 Å². The molecule has 3 heteroatoms. The molecule has 2 aromatic carbocycles. The smallest absolute Gasteiger partial charge is 0.163 e. The largest absolute Gasteiger partial charge is 0.378 e. The van der Waals surface area contributed by atoms with E-state index in [1.54, 1.807) is 24.5 Å². The van der Waals surface area contributed by atoms with Crippen LogP contribution in [0.5, 0.6) is 0 Å². The van der Waals surface area contributed by atoms with Crippen molar-refractivity contribution < 1.29 is 4.79 Å². The summed E-state index contributed by atoms with van der Waals surface area (Å²) in [7, 11) is 4.06. The zero-order valence-corrected chi connectivity index (χ0v) is 15.5. The van der Waals surface area contributed by atoms with Gasteiger partial charge in [-0.05, 0) is 47.9 Å². The molecule has 0 bridgehead atoms. The Morgan fingerprint density at radius 2 is 1.62 bits per heavy atom. The van der Waals surface area contributed by atoms with E-state index in [0.29, 0.717) is 12.0 Å². The van der Waals surface area contributed by atoms with Crippen molar-refractivity contribution in [3.8, 4) is 0 Å². The third kappa shape index (κ3) is 3.99. The van der Waals surface area contributed by atoms with Gasteiger partial charge in [-0.3, -0.25) is 9.78 Å². The summed E-state index contributed by atoms with van der Waals surface area (Å²) >= 11 is 0. The molecule has 1 aromatic heterocycles. The summed E-state index contributed by atoms with van der Waals surface area (Å²) in [4.78, 5) is 18.9. The third-order valence-electron chi connectivity index (χ3n) is 4.77. The standard InChI is InChI=1S/C23H24N2O/c1-17-6-4-5-7-21(17)22(16-23(26)19-12-14-24-15-13-19)18-8-10-20(11-9-18)25(2)3/h4-15,22H,16H2,1-3H3. The average Bonchev–Trinajstić information content (AvgIpc) is 2.67. The fourth-order valence-corrected chi connectivity index (χ4v) is 3.23. The van der Waals surface area contributed by atoms with E-state index >= 15 is 0 Å². The number of rotatable bonds is 6. The molecule has 0 aliphatic rings. The van der Waals surface area contributed by atoms with Crippen LogP contribution < -0.4 is 4.90 Å². The first kappa shape index (κ1) is 17.9. The molecule has 1 unspecified atom stereocenters. The molecule has 0 spiro atoms. The summed E-state index contributed by atoms with van der Waals surface area (Å²) in [5.41, 5.74) is 5.43. The highest BCUT2D eigenvalue weighted by Gasteiger charge is 2.20.